The molecule has 0 aromatic heterocycles. The number of nitrogens with zero attached hydrogens (tertiary/aromatic N) is 1. The first-order valence-corrected chi connectivity index (χ1v) is 4.80. The normalized spacial score (nSPS) is 12.7. The molecule has 0 heterocycles. The summed E-state index contributed by atoms with van der Waals surface area (Å²) in [5.74, 6) is -0.979. The Balaban J connectivity index is 2.74. The molecule has 0 saturated heterocycles. The molecule has 0 bridgehead atoms. The first-order chi connectivity index (χ1) is 7.00. The Kier molecular flexibility index (Phi) is 4.20. The lowest BCUT2D eigenvalue weighted by Crippen LogP contribution is -2.31. The molecular formula is C9H9Cl2NO3. The van der Waals surface area contributed by atoms with Crippen molar-refractivity contribution in [3.05, 3.63) is 29.8 Å². The van der Waals surface area contributed by atoms with E-state index in [0.717, 1.165) is 5.56 Å². The van der Waals surface area contributed by atoms with Crippen LogP contribution in [0.1, 0.15) is 5.56 Å². The van der Waals surface area contributed by atoms with E-state index in [1.807, 2.05) is 0 Å². The number of aliphatic carboxylic acids is 1. The topological polar surface area (TPSA) is 60.8 Å². The SMILES string of the molecule is O=C(O)[C@H](Cc1ccc(O)cc1)N(Cl)Cl. The molecule has 0 aliphatic heterocycles. The van der Waals surface area contributed by atoms with E-state index in [4.69, 9.17) is 33.8 Å². The fourth-order valence-corrected chi connectivity index (χ4v) is 1.40. The van der Waals surface area contributed by atoms with Gasteiger partial charge in [0.25, 0.3) is 0 Å². The lowest BCUT2D eigenvalue weighted by Gasteiger charge is -2.14. The second-order valence-corrected chi connectivity index (χ2v) is 3.89. The predicted octanol–water partition coefficient (Wildman–Crippen LogP) is 2.00. The number of halogens is 2. The fourth-order valence-electron chi connectivity index (χ4n) is 1.10. The van der Waals surface area contributed by atoms with Gasteiger partial charge in [-0.15, -0.1) is 3.94 Å². The van der Waals surface area contributed by atoms with Gasteiger partial charge in [0.2, 0.25) is 0 Å². The van der Waals surface area contributed by atoms with E-state index in [9.17, 15) is 4.79 Å². The summed E-state index contributed by atoms with van der Waals surface area (Å²) in [6.45, 7) is 0. The fraction of sp³-hybridized carbons (Fsp3) is 0.222. The number of phenolic OH excluding ortho intramolecular Hbond substituents is 1. The predicted molar refractivity (Wildman–Crippen MR) is 56.8 cm³/mol. The van der Waals surface area contributed by atoms with Crippen LogP contribution in [0.25, 0.3) is 0 Å². The number of phenols is 1. The smallest absolute Gasteiger partial charge is 0.324 e. The number of rotatable bonds is 4. The minimum atomic E-state index is -1.10. The zero-order valence-electron chi connectivity index (χ0n) is 7.60. The summed E-state index contributed by atoms with van der Waals surface area (Å²) < 4.78 is 0.606. The molecular weight excluding hydrogens is 241 g/mol. The summed E-state index contributed by atoms with van der Waals surface area (Å²) in [4.78, 5) is 10.8. The minimum Gasteiger partial charge on any atom is -0.508 e. The van der Waals surface area contributed by atoms with Crippen molar-refractivity contribution in [3.8, 4) is 5.75 Å². The van der Waals surface area contributed by atoms with E-state index in [0.29, 0.717) is 3.94 Å². The van der Waals surface area contributed by atoms with Crippen LogP contribution in [0, 0.1) is 0 Å². The van der Waals surface area contributed by atoms with Gasteiger partial charge in [-0.2, -0.15) is 0 Å². The van der Waals surface area contributed by atoms with Crippen LogP contribution >= 0.6 is 23.6 Å². The van der Waals surface area contributed by atoms with Gasteiger partial charge in [-0.25, -0.2) is 0 Å². The van der Waals surface area contributed by atoms with Crippen molar-refractivity contribution in [3.63, 3.8) is 0 Å². The molecule has 82 valence electrons. The van der Waals surface area contributed by atoms with Crippen LogP contribution in [-0.4, -0.2) is 26.2 Å². The number of benzene rings is 1. The number of aromatic hydroxyl groups is 1. The van der Waals surface area contributed by atoms with Crippen LogP contribution in [0.15, 0.2) is 24.3 Å². The first-order valence-electron chi connectivity index (χ1n) is 4.12. The summed E-state index contributed by atoms with van der Waals surface area (Å²) >= 11 is 10.8. The van der Waals surface area contributed by atoms with Gasteiger partial charge in [-0.1, -0.05) is 12.1 Å². The maximum atomic E-state index is 10.8. The van der Waals surface area contributed by atoms with Crippen LogP contribution < -0.4 is 0 Å². The van der Waals surface area contributed by atoms with Gasteiger partial charge in [0, 0.05) is 6.42 Å². The summed E-state index contributed by atoms with van der Waals surface area (Å²) in [7, 11) is 0. The maximum Gasteiger partial charge on any atom is 0.324 e. The van der Waals surface area contributed by atoms with Crippen LogP contribution in [0.4, 0.5) is 0 Å². The van der Waals surface area contributed by atoms with Crippen molar-refractivity contribution < 1.29 is 15.0 Å². The van der Waals surface area contributed by atoms with Gasteiger partial charge in [0.05, 0.1) is 0 Å². The quantitative estimate of drug-likeness (QED) is 0.802. The molecule has 1 aromatic rings. The summed E-state index contributed by atoms with van der Waals surface area (Å²) in [5, 5.41) is 17.8. The third-order valence-electron chi connectivity index (χ3n) is 1.89. The van der Waals surface area contributed by atoms with E-state index in [2.05, 4.69) is 0 Å². The Morgan fingerprint density at radius 3 is 2.27 bits per heavy atom. The van der Waals surface area contributed by atoms with Gasteiger partial charge in [-0.05, 0) is 41.2 Å². The van der Waals surface area contributed by atoms with Crippen molar-refractivity contribution in [2.45, 2.75) is 12.5 Å². The third-order valence-corrected chi connectivity index (χ3v) is 2.36. The lowest BCUT2D eigenvalue weighted by atomic mass is 10.1. The molecule has 0 radical (unpaired) electrons. The molecule has 0 spiro atoms. The number of carboxylic acids is 1. The highest BCUT2D eigenvalue weighted by molar-refractivity contribution is 6.34. The third kappa shape index (κ3) is 3.58. The number of carboxylic acid groups (broad SMARTS) is 1. The summed E-state index contributed by atoms with van der Waals surface area (Å²) in [6.07, 6.45) is 0.169. The Hall–Kier alpha value is -0.970. The van der Waals surface area contributed by atoms with Gasteiger partial charge in [0.15, 0.2) is 0 Å². The van der Waals surface area contributed by atoms with Crippen LogP contribution in [-0.2, 0) is 11.2 Å². The highest BCUT2D eigenvalue weighted by Crippen LogP contribution is 2.16. The van der Waals surface area contributed by atoms with Crippen molar-refractivity contribution in [1.29, 1.82) is 0 Å². The molecule has 6 heteroatoms. The Bertz CT molecular complexity index is 340. The first kappa shape index (κ1) is 12.1. The molecule has 15 heavy (non-hydrogen) atoms. The number of hydrogen-bond acceptors (Lipinski definition) is 3. The Morgan fingerprint density at radius 1 is 1.33 bits per heavy atom. The molecule has 4 nitrogen and oxygen atoms in total. The average molecular weight is 250 g/mol. The van der Waals surface area contributed by atoms with Crippen molar-refractivity contribution in [1.82, 2.24) is 3.94 Å². The summed E-state index contributed by atoms with van der Waals surface area (Å²) in [6, 6.07) is 5.17. The number of hydrogen-bond donors (Lipinski definition) is 2. The van der Waals surface area contributed by atoms with Crippen molar-refractivity contribution in [2.24, 2.45) is 0 Å². The Morgan fingerprint density at radius 2 is 1.87 bits per heavy atom. The average Bonchev–Trinajstić information content (AvgIpc) is 2.15. The van der Waals surface area contributed by atoms with Gasteiger partial charge < -0.3 is 10.2 Å². The molecule has 1 rings (SSSR count). The number of carbonyl (C=O) groups is 1. The van der Waals surface area contributed by atoms with Gasteiger partial charge >= 0.3 is 5.97 Å². The van der Waals surface area contributed by atoms with Crippen LogP contribution in [0.5, 0.6) is 5.75 Å². The second kappa shape index (κ2) is 5.21. The molecule has 2 N–H and O–H groups in total. The van der Waals surface area contributed by atoms with E-state index >= 15 is 0 Å². The lowest BCUT2D eigenvalue weighted by molar-refractivity contribution is -0.140. The van der Waals surface area contributed by atoms with Gasteiger partial charge in [-0.3, -0.25) is 4.79 Å². The van der Waals surface area contributed by atoms with Crippen molar-refractivity contribution >= 4 is 29.5 Å². The molecule has 0 saturated carbocycles. The molecule has 0 aliphatic carbocycles. The van der Waals surface area contributed by atoms with E-state index < -0.39 is 12.0 Å². The largest absolute Gasteiger partial charge is 0.508 e. The maximum absolute atomic E-state index is 10.8. The van der Waals surface area contributed by atoms with E-state index in [-0.39, 0.29) is 12.2 Å². The molecule has 1 aromatic carbocycles. The molecule has 0 aliphatic rings. The van der Waals surface area contributed by atoms with Crippen molar-refractivity contribution in [2.75, 3.05) is 0 Å². The van der Waals surface area contributed by atoms with Crippen LogP contribution in [0.2, 0.25) is 0 Å². The summed E-state index contributed by atoms with van der Waals surface area (Å²) in [5.41, 5.74) is 0.728. The monoisotopic (exact) mass is 249 g/mol. The zero-order chi connectivity index (χ0) is 11.4. The molecule has 1 atom stereocenters. The zero-order valence-corrected chi connectivity index (χ0v) is 9.11. The highest BCUT2D eigenvalue weighted by atomic mass is 35.5. The van der Waals surface area contributed by atoms with E-state index in [1.165, 1.54) is 12.1 Å². The molecule has 0 fully saturated rings. The van der Waals surface area contributed by atoms with Crippen LogP contribution in [0.3, 0.4) is 0 Å². The van der Waals surface area contributed by atoms with Gasteiger partial charge in [0.1, 0.15) is 11.8 Å². The molecule has 0 amide bonds. The van der Waals surface area contributed by atoms with E-state index in [1.54, 1.807) is 12.1 Å². The highest BCUT2D eigenvalue weighted by Gasteiger charge is 2.23. The second-order valence-electron chi connectivity index (χ2n) is 2.98. The Labute approximate surface area is 96.9 Å². The minimum absolute atomic E-state index is 0.124. The standard InChI is InChI=1S/C9H9Cl2NO3/c10-12(11)8(9(14)15)5-6-1-3-7(13)4-2-6/h1-4,8,13H,5H2,(H,14,15)/t8-/m0/s1. The molecule has 0 unspecified atom stereocenters.